The molecular formula is C35H69N2+. The van der Waals surface area contributed by atoms with Gasteiger partial charge in [0.15, 0.2) is 0 Å². The Hall–Kier alpha value is -0.790. The van der Waals surface area contributed by atoms with Crippen LogP contribution in [0.4, 0.5) is 0 Å². The number of rotatable bonds is 28. The predicted molar refractivity (Wildman–Crippen MR) is 166 cm³/mol. The normalized spacial score (nSPS) is 13.3. The molecule has 0 aliphatic carbocycles. The highest BCUT2D eigenvalue weighted by atomic mass is 15.1. The Morgan fingerprint density at radius 3 is 1.27 bits per heavy atom. The smallest absolute Gasteiger partial charge is 0.247 e. The van der Waals surface area contributed by atoms with Crippen molar-refractivity contribution in [3.05, 3.63) is 18.2 Å². The van der Waals surface area contributed by atoms with Crippen molar-refractivity contribution >= 4 is 0 Å². The number of hydrogen-bond acceptors (Lipinski definition) is 0. The standard InChI is InChI=1S/C35H68N2/c1-5-8-10-12-14-16-17-18-19-20-21-23-25-27-30-34(29-26-24-22-15-13-11-9-6-2)35-36-31-32-37(35)33(4)28-7-3/h31-34H,5-30H2,1-4H3/p+1. The number of aromatic nitrogens is 2. The molecule has 1 aromatic heterocycles. The van der Waals surface area contributed by atoms with E-state index < -0.39 is 0 Å². The summed E-state index contributed by atoms with van der Waals surface area (Å²) in [7, 11) is 0. The van der Waals surface area contributed by atoms with Crippen molar-refractivity contribution in [2.24, 2.45) is 0 Å². The molecule has 0 saturated carbocycles. The van der Waals surface area contributed by atoms with E-state index in [2.05, 4.69) is 49.6 Å². The first kappa shape index (κ1) is 34.2. The Morgan fingerprint density at radius 1 is 0.514 bits per heavy atom. The molecule has 0 bridgehead atoms. The van der Waals surface area contributed by atoms with E-state index >= 15 is 0 Å². The van der Waals surface area contributed by atoms with Crippen LogP contribution >= 0.6 is 0 Å². The van der Waals surface area contributed by atoms with Gasteiger partial charge in [-0.05, 0) is 26.2 Å². The van der Waals surface area contributed by atoms with Crippen LogP contribution in [0.25, 0.3) is 0 Å². The SMILES string of the molecule is CCCCCCCCCCCCCCCCC(CCCCCCCCCC)c1[nH]cc[n+]1C(C)CCC. The number of hydrogen-bond donors (Lipinski definition) is 1. The van der Waals surface area contributed by atoms with Crippen molar-refractivity contribution in [1.29, 1.82) is 0 Å². The molecule has 1 rings (SSSR count). The van der Waals surface area contributed by atoms with E-state index in [0.717, 1.165) is 0 Å². The molecule has 1 heterocycles. The lowest BCUT2D eigenvalue weighted by Gasteiger charge is -2.17. The lowest BCUT2D eigenvalue weighted by Crippen LogP contribution is -2.41. The average molecular weight is 518 g/mol. The van der Waals surface area contributed by atoms with Crippen LogP contribution in [-0.4, -0.2) is 4.98 Å². The van der Waals surface area contributed by atoms with Gasteiger partial charge in [0.2, 0.25) is 0 Å². The first-order valence-corrected chi connectivity index (χ1v) is 17.3. The molecule has 0 spiro atoms. The molecule has 1 aromatic rings. The Balaban J connectivity index is 2.27. The fraction of sp³-hybridized carbons (Fsp3) is 0.914. The minimum absolute atomic E-state index is 0.614. The van der Waals surface area contributed by atoms with Crippen molar-refractivity contribution in [2.45, 2.75) is 207 Å². The van der Waals surface area contributed by atoms with Gasteiger partial charge in [-0.2, -0.15) is 0 Å². The molecule has 0 fully saturated rings. The third-order valence-electron chi connectivity index (χ3n) is 8.62. The summed E-state index contributed by atoms with van der Waals surface area (Å²) in [6, 6.07) is 0.614. The van der Waals surface area contributed by atoms with Crippen LogP contribution in [0.5, 0.6) is 0 Å². The van der Waals surface area contributed by atoms with Crippen molar-refractivity contribution in [2.75, 3.05) is 0 Å². The monoisotopic (exact) mass is 518 g/mol. The van der Waals surface area contributed by atoms with E-state index in [1.807, 2.05) is 0 Å². The molecule has 218 valence electrons. The number of imidazole rings is 1. The summed E-state index contributed by atoms with van der Waals surface area (Å²) >= 11 is 0. The average Bonchev–Trinajstić information content (AvgIpc) is 3.39. The largest absolute Gasteiger partial charge is 0.257 e. The van der Waals surface area contributed by atoms with Crippen molar-refractivity contribution in [1.82, 2.24) is 4.98 Å². The second-order valence-electron chi connectivity index (χ2n) is 12.2. The fourth-order valence-corrected chi connectivity index (χ4v) is 6.16. The predicted octanol–water partition coefficient (Wildman–Crippen LogP) is 12.1. The second kappa shape index (κ2) is 25.5. The maximum Gasteiger partial charge on any atom is 0.257 e. The zero-order valence-corrected chi connectivity index (χ0v) is 26.1. The quantitative estimate of drug-likeness (QED) is 0.0842. The fourth-order valence-electron chi connectivity index (χ4n) is 6.16. The molecule has 2 heteroatoms. The number of nitrogens with zero attached hydrogens (tertiary/aromatic N) is 1. The highest BCUT2D eigenvalue weighted by Gasteiger charge is 2.25. The Bertz CT molecular complexity index is 578. The van der Waals surface area contributed by atoms with Gasteiger partial charge in [-0.15, -0.1) is 0 Å². The van der Waals surface area contributed by atoms with Gasteiger partial charge in [-0.3, -0.25) is 0 Å². The van der Waals surface area contributed by atoms with Crippen molar-refractivity contribution < 1.29 is 4.57 Å². The lowest BCUT2D eigenvalue weighted by molar-refractivity contribution is -0.727. The zero-order chi connectivity index (χ0) is 26.8. The maximum atomic E-state index is 3.68. The zero-order valence-electron chi connectivity index (χ0n) is 26.1. The Morgan fingerprint density at radius 2 is 0.892 bits per heavy atom. The third-order valence-corrected chi connectivity index (χ3v) is 8.62. The van der Waals surface area contributed by atoms with Gasteiger partial charge in [0.05, 0.1) is 12.0 Å². The highest BCUT2D eigenvalue weighted by Crippen LogP contribution is 2.27. The van der Waals surface area contributed by atoms with E-state index in [0.29, 0.717) is 12.0 Å². The van der Waals surface area contributed by atoms with Gasteiger partial charge in [-0.25, -0.2) is 9.55 Å². The van der Waals surface area contributed by atoms with E-state index in [9.17, 15) is 0 Å². The van der Waals surface area contributed by atoms with Gasteiger partial charge in [0.1, 0.15) is 12.4 Å². The Kier molecular flexibility index (Phi) is 23.6. The second-order valence-corrected chi connectivity index (χ2v) is 12.2. The van der Waals surface area contributed by atoms with Crippen LogP contribution in [0.15, 0.2) is 12.4 Å². The molecule has 2 atom stereocenters. The molecular weight excluding hydrogens is 448 g/mol. The van der Waals surface area contributed by atoms with Crippen LogP contribution in [0.2, 0.25) is 0 Å². The maximum absolute atomic E-state index is 3.68. The van der Waals surface area contributed by atoms with E-state index in [1.54, 1.807) is 0 Å². The summed E-state index contributed by atoms with van der Waals surface area (Å²) in [5, 5.41) is 0. The number of nitrogens with one attached hydrogen (secondary N) is 1. The van der Waals surface area contributed by atoms with Crippen LogP contribution in [0, 0.1) is 0 Å². The first-order chi connectivity index (χ1) is 18.2. The van der Waals surface area contributed by atoms with E-state index in [4.69, 9.17) is 0 Å². The van der Waals surface area contributed by atoms with Crippen LogP contribution in [-0.2, 0) is 0 Å². The summed E-state index contributed by atoms with van der Waals surface area (Å²) < 4.78 is 2.57. The van der Waals surface area contributed by atoms with Crippen molar-refractivity contribution in [3.8, 4) is 0 Å². The summed E-state index contributed by atoms with van der Waals surface area (Å²) in [6.45, 7) is 9.34. The third kappa shape index (κ3) is 18.2. The summed E-state index contributed by atoms with van der Waals surface area (Å²) in [4.78, 5) is 3.68. The van der Waals surface area contributed by atoms with E-state index in [1.165, 1.54) is 173 Å². The topological polar surface area (TPSA) is 19.7 Å². The molecule has 37 heavy (non-hydrogen) atoms. The number of H-pyrrole nitrogens is 1. The minimum Gasteiger partial charge on any atom is -0.247 e. The Labute approximate surface area is 234 Å². The van der Waals surface area contributed by atoms with Crippen LogP contribution < -0.4 is 4.57 Å². The molecule has 0 aliphatic rings. The lowest BCUT2D eigenvalue weighted by atomic mass is 9.92. The molecule has 0 aromatic carbocycles. The van der Waals surface area contributed by atoms with Gasteiger partial charge in [-0.1, -0.05) is 168 Å². The summed E-state index contributed by atoms with van der Waals surface area (Å²) in [6.07, 6.45) is 41.4. The van der Waals surface area contributed by atoms with Gasteiger partial charge in [0.25, 0.3) is 5.82 Å². The molecule has 2 nitrogen and oxygen atoms in total. The van der Waals surface area contributed by atoms with Crippen molar-refractivity contribution in [3.63, 3.8) is 0 Å². The number of aromatic amines is 1. The highest BCUT2D eigenvalue weighted by molar-refractivity contribution is 4.90. The van der Waals surface area contributed by atoms with E-state index in [-0.39, 0.29) is 0 Å². The molecule has 0 saturated heterocycles. The molecule has 0 radical (unpaired) electrons. The molecule has 2 unspecified atom stereocenters. The van der Waals surface area contributed by atoms with Crippen LogP contribution in [0.1, 0.15) is 212 Å². The summed E-state index contributed by atoms with van der Waals surface area (Å²) in [5.41, 5.74) is 0. The molecule has 1 N–H and O–H groups in total. The van der Waals surface area contributed by atoms with Gasteiger partial charge >= 0.3 is 0 Å². The molecule has 0 aliphatic heterocycles. The molecule has 0 amide bonds. The van der Waals surface area contributed by atoms with Gasteiger partial charge in [0, 0.05) is 0 Å². The van der Waals surface area contributed by atoms with Crippen LogP contribution in [0.3, 0.4) is 0 Å². The first-order valence-electron chi connectivity index (χ1n) is 17.3. The van der Waals surface area contributed by atoms with Gasteiger partial charge < -0.3 is 0 Å². The minimum atomic E-state index is 0.614. The summed E-state index contributed by atoms with van der Waals surface area (Å²) in [5.74, 6) is 2.23. The number of unbranched alkanes of at least 4 members (excludes halogenated alkanes) is 20.